The number of hydrogen-bond donors (Lipinski definition) is 1. The zero-order valence-electron chi connectivity index (χ0n) is 11.7. The molecule has 1 aromatic carbocycles. The Morgan fingerprint density at radius 3 is 2.80 bits per heavy atom. The molecule has 1 fully saturated rings. The molecule has 20 heavy (non-hydrogen) atoms. The molecular formula is C15H20ClFN2O. The van der Waals surface area contributed by atoms with Gasteiger partial charge in [-0.2, -0.15) is 0 Å². The van der Waals surface area contributed by atoms with Crippen molar-refractivity contribution in [2.45, 2.75) is 19.3 Å². The van der Waals surface area contributed by atoms with Gasteiger partial charge in [-0.3, -0.25) is 4.79 Å². The highest BCUT2D eigenvalue weighted by molar-refractivity contribution is 6.31. The summed E-state index contributed by atoms with van der Waals surface area (Å²) in [5.41, 5.74) is 0.0752. The fraction of sp³-hybridized carbons (Fsp3) is 0.533. The van der Waals surface area contributed by atoms with Crippen LogP contribution < -0.4 is 5.32 Å². The van der Waals surface area contributed by atoms with E-state index in [0.717, 1.165) is 25.8 Å². The standard InChI is InChI=1S/C15H20ClFN2O/c1-18-7-4-11-5-8-19(9-6-11)15(20)13-10-12(16)2-3-14(13)17/h2-3,10-11,18H,4-9H2,1H3. The van der Waals surface area contributed by atoms with Crippen LogP contribution in [0.3, 0.4) is 0 Å². The number of piperidine rings is 1. The first-order valence-electron chi connectivity index (χ1n) is 7.00. The van der Waals surface area contributed by atoms with E-state index in [0.29, 0.717) is 24.0 Å². The lowest BCUT2D eigenvalue weighted by Gasteiger charge is -2.32. The van der Waals surface area contributed by atoms with E-state index in [9.17, 15) is 9.18 Å². The maximum atomic E-state index is 13.7. The predicted octanol–water partition coefficient (Wildman–Crippen LogP) is 2.94. The van der Waals surface area contributed by atoms with E-state index in [2.05, 4.69) is 5.32 Å². The highest BCUT2D eigenvalue weighted by atomic mass is 35.5. The van der Waals surface area contributed by atoms with Gasteiger partial charge in [0.25, 0.3) is 5.91 Å². The summed E-state index contributed by atoms with van der Waals surface area (Å²) in [6.45, 7) is 2.39. The fourth-order valence-electron chi connectivity index (χ4n) is 2.60. The number of rotatable bonds is 4. The van der Waals surface area contributed by atoms with E-state index < -0.39 is 5.82 Å². The molecule has 110 valence electrons. The zero-order chi connectivity index (χ0) is 14.5. The van der Waals surface area contributed by atoms with Crippen LogP contribution in [0.5, 0.6) is 0 Å². The molecule has 0 atom stereocenters. The van der Waals surface area contributed by atoms with Crippen molar-refractivity contribution in [3.63, 3.8) is 0 Å². The topological polar surface area (TPSA) is 32.3 Å². The lowest BCUT2D eigenvalue weighted by molar-refractivity contribution is 0.0682. The third-order valence-corrected chi connectivity index (χ3v) is 4.10. The van der Waals surface area contributed by atoms with Gasteiger partial charge in [-0.15, -0.1) is 0 Å². The van der Waals surface area contributed by atoms with Crippen LogP contribution >= 0.6 is 11.6 Å². The van der Waals surface area contributed by atoms with Crippen LogP contribution in [-0.2, 0) is 0 Å². The molecule has 0 radical (unpaired) electrons. The van der Waals surface area contributed by atoms with E-state index in [4.69, 9.17) is 11.6 Å². The van der Waals surface area contributed by atoms with E-state index in [1.54, 1.807) is 4.90 Å². The molecule has 3 nitrogen and oxygen atoms in total. The number of nitrogens with zero attached hydrogens (tertiary/aromatic N) is 1. The molecule has 1 heterocycles. The minimum atomic E-state index is -0.503. The third kappa shape index (κ3) is 3.70. The SMILES string of the molecule is CNCCC1CCN(C(=O)c2cc(Cl)ccc2F)CC1. The van der Waals surface area contributed by atoms with Gasteiger partial charge in [0.2, 0.25) is 0 Å². The van der Waals surface area contributed by atoms with Gasteiger partial charge >= 0.3 is 0 Å². The summed E-state index contributed by atoms with van der Waals surface area (Å²) in [7, 11) is 1.95. The summed E-state index contributed by atoms with van der Waals surface area (Å²) in [5, 5.41) is 3.53. The Labute approximate surface area is 124 Å². The number of carbonyl (C=O) groups is 1. The number of amides is 1. The minimum absolute atomic E-state index is 0.0752. The van der Waals surface area contributed by atoms with Crippen LogP contribution in [-0.4, -0.2) is 37.5 Å². The average molecular weight is 299 g/mol. The Kier molecular flexibility index (Phi) is 5.38. The minimum Gasteiger partial charge on any atom is -0.339 e. The maximum absolute atomic E-state index is 13.7. The van der Waals surface area contributed by atoms with Crippen molar-refractivity contribution in [1.29, 1.82) is 0 Å². The molecule has 0 unspecified atom stereocenters. The molecule has 1 aliphatic heterocycles. The van der Waals surface area contributed by atoms with Crippen LogP contribution in [0.25, 0.3) is 0 Å². The van der Waals surface area contributed by atoms with Crippen molar-refractivity contribution in [2.24, 2.45) is 5.92 Å². The summed E-state index contributed by atoms with van der Waals surface area (Å²) in [6, 6.07) is 4.11. The van der Waals surface area contributed by atoms with Crippen molar-refractivity contribution in [3.05, 3.63) is 34.6 Å². The highest BCUT2D eigenvalue weighted by Crippen LogP contribution is 2.23. The number of benzene rings is 1. The Balaban J connectivity index is 1.96. The summed E-state index contributed by atoms with van der Waals surface area (Å²) < 4.78 is 13.7. The van der Waals surface area contributed by atoms with Crippen molar-refractivity contribution >= 4 is 17.5 Å². The van der Waals surface area contributed by atoms with Gasteiger partial charge in [0.1, 0.15) is 5.82 Å². The number of hydrogen-bond acceptors (Lipinski definition) is 2. The van der Waals surface area contributed by atoms with Crippen LogP contribution in [0.15, 0.2) is 18.2 Å². The predicted molar refractivity (Wildman–Crippen MR) is 78.6 cm³/mol. The van der Waals surface area contributed by atoms with E-state index in [1.165, 1.54) is 18.2 Å². The summed E-state index contributed by atoms with van der Waals surface area (Å²) in [6.07, 6.45) is 3.09. The summed E-state index contributed by atoms with van der Waals surface area (Å²) in [4.78, 5) is 14.0. The molecule has 1 amide bonds. The lowest BCUT2D eigenvalue weighted by atomic mass is 9.93. The first kappa shape index (κ1) is 15.3. The summed E-state index contributed by atoms with van der Waals surface area (Å²) in [5.74, 6) is -0.107. The lowest BCUT2D eigenvalue weighted by Crippen LogP contribution is -2.39. The molecule has 0 saturated carbocycles. The Morgan fingerprint density at radius 2 is 2.15 bits per heavy atom. The van der Waals surface area contributed by atoms with Crippen molar-refractivity contribution < 1.29 is 9.18 Å². The normalized spacial score (nSPS) is 16.4. The molecule has 1 aliphatic rings. The van der Waals surface area contributed by atoms with Gasteiger partial charge in [0, 0.05) is 18.1 Å². The van der Waals surface area contributed by atoms with Gasteiger partial charge in [-0.1, -0.05) is 11.6 Å². The van der Waals surface area contributed by atoms with Crippen molar-refractivity contribution in [3.8, 4) is 0 Å². The largest absolute Gasteiger partial charge is 0.339 e. The maximum Gasteiger partial charge on any atom is 0.256 e. The highest BCUT2D eigenvalue weighted by Gasteiger charge is 2.25. The van der Waals surface area contributed by atoms with Crippen molar-refractivity contribution in [2.75, 3.05) is 26.7 Å². The van der Waals surface area contributed by atoms with E-state index in [1.807, 2.05) is 7.05 Å². The second-order valence-electron chi connectivity index (χ2n) is 5.25. The first-order chi connectivity index (χ1) is 9.61. The molecule has 1 saturated heterocycles. The van der Waals surface area contributed by atoms with Crippen LogP contribution in [0.1, 0.15) is 29.6 Å². The number of carbonyl (C=O) groups excluding carboxylic acids is 1. The molecule has 0 aromatic heterocycles. The van der Waals surface area contributed by atoms with Gasteiger partial charge in [0.15, 0.2) is 0 Å². The molecule has 1 N–H and O–H groups in total. The molecule has 0 bridgehead atoms. The Morgan fingerprint density at radius 1 is 1.45 bits per heavy atom. The number of likely N-dealkylation sites (tertiary alicyclic amines) is 1. The Bertz CT molecular complexity index is 473. The average Bonchev–Trinajstić information content (AvgIpc) is 2.47. The Hall–Kier alpha value is -1.13. The molecule has 2 rings (SSSR count). The van der Waals surface area contributed by atoms with Crippen molar-refractivity contribution in [1.82, 2.24) is 10.2 Å². The quantitative estimate of drug-likeness (QED) is 0.927. The van der Waals surface area contributed by atoms with Gasteiger partial charge in [0.05, 0.1) is 5.56 Å². The molecular weight excluding hydrogens is 279 g/mol. The fourth-order valence-corrected chi connectivity index (χ4v) is 2.78. The monoisotopic (exact) mass is 298 g/mol. The number of halogens is 2. The zero-order valence-corrected chi connectivity index (χ0v) is 12.4. The third-order valence-electron chi connectivity index (χ3n) is 3.86. The second kappa shape index (κ2) is 7.04. The van der Waals surface area contributed by atoms with Gasteiger partial charge in [-0.05, 0) is 57.0 Å². The van der Waals surface area contributed by atoms with Crippen LogP contribution in [0.2, 0.25) is 5.02 Å². The van der Waals surface area contributed by atoms with Crippen LogP contribution in [0, 0.1) is 11.7 Å². The first-order valence-corrected chi connectivity index (χ1v) is 7.38. The summed E-state index contributed by atoms with van der Waals surface area (Å²) >= 11 is 5.84. The van der Waals surface area contributed by atoms with Gasteiger partial charge < -0.3 is 10.2 Å². The van der Waals surface area contributed by atoms with Gasteiger partial charge in [-0.25, -0.2) is 4.39 Å². The molecule has 0 spiro atoms. The van der Waals surface area contributed by atoms with Crippen LogP contribution in [0.4, 0.5) is 4.39 Å². The number of nitrogens with one attached hydrogen (secondary N) is 1. The van der Waals surface area contributed by atoms with E-state index >= 15 is 0 Å². The van der Waals surface area contributed by atoms with E-state index in [-0.39, 0.29) is 11.5 Å². The second-order valence-corrected chi connectivity index (χ2v) is 5.69. The smallest absolute Gasteiger partial charge is 0.256 e. The molecule has 1 aromatic rings. The molecule has 0 aliphatic carbocycles. The molecule has 5 heteroatoms.